The summed E-state index contributed by atoms with van der Waals surface area (Å²) in [6.07, 6.45) is 0.389. The molecule has 1 N–H and O–H groups in total. The predicted molar refractivity (Wildman–Crippen MR) is 88.1 cm³/mol. The van der Waals surface area contributed by atoms with E-state index in [1.807, 2.05) is 0 Å². The van der Waals surface area contributed by atoms with Crippen molar-refractivity contribution in [2.45, 2.75) is 26.3 Å². The van der Waals surface area contributed by atoms with Crippen molar-refractivity contribution >= 4 is 22.9 Å². The second kappa shape index (κ2) is 8.74. The first-order chi connectivity index (χ1) is 10.6. The number of rotatable bonds is 7. The monoisotopic (exact) mass is 329 g/mol. The van der Waals surface area contributed by atoms with E-state index in [1.54, 1.807) is 4.90 Å². The van der Waals surface area contributed by atoms with Gasteiger partial charge in [0.05, 0.1) is 13.2 Å². The molecule has 0 aromatic heterocycles. The normalized spacial score (nSPS) is 21.4. The first-order valence-electron chi connectivity index (χ1n) is 8.08. The zero-order chi connectivity index (χ0) is 15.9. The van der Waals surface area contributed by atoms with Gasteiger partial charge in [-0.3, -0.25) is 14.5 Å². The van der Waals surface area contributed by atoms with Crippen LogP contribution in [0, 0.1) is 5.92 Å². The van der Waals surface area contributed by atoms with Crippen molar-refractivity contribution in [3.05, 3.63) is 0 Å². The van der Waals surface area contributed by atoms with E-state index in [4.69, 9.17) is 4.74 Å². The fourth-order valence-electron chi connectivity index (χ4n) is 2.87. The van der Waals surface area contributed by atoms with E-state index in [1.165, 1.54) is 11.8 Å². The van der Waals surface area contributed by atoms with Crippen LogP contribution >= 0.6 is 11.8 Å². The second-order valence-corrected chi connectivity index (χ2v) is 7.16. The summed E-state index contributed by atoms with van der Waals surface area (Å²) in [6, 6.07) is 0.344. The van der Waals surface area contributed by atoms with Crippen LogP contribution < -0.4 is 5.32 Å². The van der Waals surface area contributed by atoms with Gasteiger partial charge in [-0.15, -0.1) is 0 Å². The number of ether oxygens (including phenoxy) is 1. The first-order valence-corrected chi connectivity index (χ1v) is 9.06. The molecule has 2 saturated heterocycles. The fourth-order valence-corrected chi connectivity index (χ4v) is 3.72. The Labute approximate surface area is 136 Å². The zero-order valence-corrected chi connectivity index (χ0v) is 14.4. The van der Waals surface area contributed by atoms with Crippen molar-refractivity contribution in [2.24, 2.45) is 5.92 Å². The molecule has 6 nitrogen and oxygen atoms in total. The molecular weight excluding hydrogens is 302 g/mol. The molecule has 2 rings (SSSR count). The minimum Gasteiger partial charge on any atom is -0.379 e. The van der Waals surface area contributed by atoms with Gasteiger partial charge >= 0.3 is 0 Å². The number of amides is 2. The number of carbonyl (C=O) groups is 2. The van der Waals surface area contributed by atoms with Crippen LogP contribution in [-0.4, -0.2) is 78.7 Å². The Hall–Kier alpha value is -0.790. The van der Waals surface area contributed by atoms with Crippen molar-refractivity contribution in [3.8, 4) is 0 Å². The highest BCUT2D eigenvalue weighted by molar-refractivity contribution is 8.13. The fraction of sp³-hybridized carbons (Fsp3) is 0.867. The maximum absolute atomic E-state index is 12.0. The molecule has 1 atom stereocenters. The van der Waals surface area contributed by atoms with Gasteiger partial charge in [0, 0.05) is 50.9 Å². The molecule has 2 aliphatic rings. The van der Waals surface area contributed by atoms with Crippen LogP contribution in [0.3, 0.4) is 0 Å². The lowest BCUT2D eigenvalue weighted by atomic mass is 10.0. The molecule has 2 aliphatic heterocycles. The Balaban J connectivity index is 1.71. The lowest BCUT2D eigenvalue weighted by molar-refractivity contribution is -0.121. The molecule has 2 amide bonds. The third-order valence-corrected chi connectivity index (χ3v) is 5.14. The minimum absolute atomic E-state index is 0.0311. The van der Waals surface area contributed by atoms with E-state index in [2.05, 4.69) is 24.1 Å². The third kappa shape index (κ3) is 5.14. The van der Waals surface area contributed by atoms with E-state index in [0.717, 1.165) is 38.6 Å². The SMILES string of the molecule is CC(C)C(CNC(=O)CCN1CCSC1=O)N1CCOCC1. The van der Waals surface area contributed by atoms with Crippen LogP contribution in [0.5, 0.6) is 0 Å². The van der Waals surface area contributed by atoms with Gasteiger partial charge in [0.25, 0.3) is 5.24 Å². The van der Waals surface area contributed by atoms with Gasteiger partial charge in [-0.2, -0.15) is 0 Å². The molecule has 7 heteroatoms. The topological polar surface area (TPSA) is 61.9 Å². The van der Waals surface area contributed by atoms with Gasteiger partial charge in [0.15, 0.2) is 0 Å². The van der Waals surface area contributed by atoms with E-state index < -0.39 is 0 Å². The number of nitrogens with one attached hydrogen (secondary N) is 1. The van der Waals surface area contributed by atoms with Crippen molar-refractivity contribution in [3.63, 3.8) is 0 Å². The Morgan fingerprint density at radius 2 is 2.05 bits per heavy atom. The molecule has 0 bridgehead atoms. The molecule has 0 aromatic carbocycles. The standard InChI is InChI=1S/C15H27N3O3S/c1-12(2)13(17-5-8-21-9-6-17)11-16-14(19)3-4-18-7-10-22-15(18)20/h12-13H,3-11H2,1-2H3,(H,16,19). The lowest BCUT2D eigenvalue weighted by Crippen LogP contribution is -2.51. The van der Waals surface area contributed by atoms with Gasteiger partial charge in [0.2, 0.25) is 5.91 Å². The van der Waals surface area contributed by atoms with Crippen molar-refractivity contribution < 1.29 is 14.3 Å². The van der Waals surface area contributed by atoms with Crippen LogP contribution in [0.4, 0.5) is 4.79 Å². The molecule has 0 aliphatic carbocycles. The number of hydrogen-bond acceptors (Lipinski definition) is 5. The maximum Gasteiger partial charge on any atom is 0.281 e. The van der Waals surface area contributed by atoms with Crippen LogP contribution in [0.15, 0.2) is 0 Å². The quantitative estimate of drug-likeness (QED) is 0.755. The number of nitrogens with zero attached hydrogens (tertiary/aromatic N) is 2. The lowest BCUT2D eigenvalue weighted by Gasteiger charge is -2.37. The van der Waals surface area contributed by atoms with Crippen LogP contribution in [0.2, 0.25) is 0 Å². The highest BCUT2D eigenvalue weighted by atomic mass is 32.2. The van der Waals surface area contributed by atoms with Gasteiger partial charge in [-0.05, 0) is 5.92 Å². The first kappa shape index (κ1) is 17.6. The highest BCUT2D eigenvalue weighted by Gasteiger charge is 2.25. The summed E-state index contributed by atoms with van der Waals surface area (Å²) >= 11 is 1.33. The molecular formula is C15H27N3O3S. The predicted octanol–water partition coefficient (Wildman–Crippen LogP) is 1.02. The molecule has 0 saturated carbocycles. The summed E-state index contributed by atoms with van der Waals surface area (Å²) in [4.78, 5) is 27.7. The van der Waals surface area contributed by atoms with Crippen molar-refractivity contribution in [2.75, 3.05) is 51.7 Å². The number of thioether (sulfide) groups is 1. The summed E-state index contributed by atoms with van der Waals surface area (Å²) in [5.74, 6) is 1.35. The second-order valence-electron chi connectivity index (χ2n) is 6.12. The summed E-state index contributed by atoms with van der Waals surface area (Å²) in [6.45, 7) is 9.73. The highest BCUT2D eigenvalue weighted by Crippen LogP contribution is 2.17. The van der Waals surface area contributed by atoms with Gasteiger partial charge in [-0.1, -0.05) is 25.6 Å². The average molecular weight is 329 g/mol. The van der Waals surface area contributed by atoms with E-state index in [0.29, 0.717) is 31.5 Å². The van der Waals surface area contributed by atoms with Crippen LogP contribution in [0.25, 0.3) is 0 Å². The minimum atomic E-state index is 0.0311. The van der Waals surface area contributed by atoms with Crippen molar-refractivity contribution in [1.82, 2.24) is 15.1 Å². The summed E-state index contributed by atoms with van der Waals surface area (Å²) in [5.41, 5.74) is 0. The molecule has 0 radical (unpaired) electrons. The zero-order valence-electron chi connectivity index (χ0n) is 13.5. The Kier molecular flexibility index (Phi) is 6.98. The molecule has 22 heavy (non-hydrogen) atoms. The molecule has 1 unspecified atom stereocenters. The summed E-state index contributed by atoms with van der Waals surface area (Å²) in [7, 11) is 0. The van der Waals surface area contributed by atoms with Crippen LogP contribution in [0.1, 0.15) is 20.3 Å². The van der Waals surface area contributed by atoms with E-state index >= 15 is 0 Å². The van der Waals surface area contributed by atoms with Crippen LogP contribution in [-0.2, 0) is 9.53 Å². The van der Waals surface area contributed by atoms with E-state index in [9.17, 15) is 9.59 Å². The molecule has 2 heterocycles. The van der Waals surface area contributed by atoms with Crippen molar-refractivity contribution in [1.29, 1.82) is 0 Å². The number of morpholine rings is 1. The molecule has 0 spiro atoms. The Morgan fingerprint density at radius 3 is 2.64 bits per heavy atom. The van der Waals surface area contributed by atoms with Gasteiger partial charge in [-0.25, -0.2) is 0 Å². The molecule has 126 valence electrons. The smallest absolute Gasteiger partial charge is 0.281 e. The Bertz CT molecular complexity index is 386. The molecule has 0 aromatic rings. The Morgan fingerprint density at radius 1 is 1.32 bits per heavy atom. The summed E-state index contributed by atoms with van der Waals surface area (Å²) < 4.78 is 5.39. The number of hydrogen-bond donors (Lipinski definition) is 1. The third-order valence-electron chi connectivity index (χ3n) is 4.25. The molecule has 2 fully saturated rings. The van der Waals surface area contributed by atoms with E-state index in [-0.39, 0.29) is 11.1 Å². The number of carbonyl (C=O) groups excluding carboxylic acids is 2. The summed E-state index contributed by atoms with van der Waals surface area (Å²) in [5, 5.41) is 3.13. The maximum atomic E-state index is 12.0. The van der Waals surface area contributed by atoms with Gasteiger partial charge in [0.1, 0.15) is 0 Å². The van der Waals surface area contributed by atoms with Gasteiger partial charge < -0.3 is 15.0 Å². The largest absolute Gasteiger partial charge is 0.379 e. The average Bonchev–Trinajstić information content (AvgIpc) is 2.91.